The van der Waals surface area contributed by atoms with E-state index in [9.17, 15) is 10.1 Å². The van der Waals surface area contributed by atoms with E-state index in [1.165, 1.54) is 19.3 Å². The zero-order chi connectivity index (χ0) is 15.2. The number of non-ortho nitro benzene ring substituents is 1. The molecular formula is C16H25N3O2. The summed E-state index contributed by atoms with van der Waals surface area (Å²) in [5.41, 5.74) is 1.96. The summed E-state index contributed by atoms with van der Waals surface area (Å²) in [5, 5.41) is 14.4. The molecule has 0 atom stereocenters. The van der Waals surface area contributed by atoms with Crippen LogP contribution in [0.1, 0.15) is 39.5 Å². The lowest BCUT2D eigenvalue weighted by atomic mass is 9.85. The Morgan fingerprint density at radius 1 is 1.33 bits per heavy atom. The molecule has 0 aromatic heterocycles. The van der Waals surface area contributed by atoms with Crippen molar-refractivity contribution >= 4 is 17.1 Å². The fraction of sp³-hybridized carbons (Fsp3) is 0.625. The molecule has 0 saturated heterocycles. The summed E-state index contributed by atoms with van der Waals surface area (Å²) in [7, 11) is 0. The first kappa shape index (κ1) is 15.6. The Bertz CT molecular complexity index is 486. The van der Waals surface area contributed by atoms with Gasteiger partial charge in [-0.2, -0.15) is 0 Å². The van der Waals surface area contributed by atoms with Gasteiger partial charge < -0.3 is 10.2 Å². The third-order valence-corrected chi connectivity index (χ3v) is 4.14. The number of anilines is 2. The van der Waals surface area contributed by atoms with Crippen LogP contribution < -0.4 is 10.2 Å². The number of nitrogens with zero attached hydrogens (tertiary/aromatic N) is 2. The second-order valence-corrected chi connectivity index (χ2v) is 5.76. The van der Waals surface area contributed by atoms with Crippen LogP contribution in [0.2, 0.25) is 0 Å². The zero-order valence-corrected chi connectivity index (χ0v) is 13.0. The molecule has 1 aliphatic rings. The van der Waals surface area contributed by atoms with Crippen LogP contribution in [0, 0.1) is 16.0 Å². The molecule has 5 nitrogen and oxygen atoms in total. The monoisotopic (exact) mass is 291 g/mol. The molecule has 0 radical (unpaired) electrons. The van der Waals surface area contributed by atoms with Crippen molar-refractivity contribution in [3.05, 3.63) is 28.3 Å². The van der Waals surface area contributed by atoms with Crippen molar-refractivity contribution in [3.8, 4) is 0 Å². The third-order valence-electron chi connectivity index (χ3n) is 4.14. The van der Waals surface area contributed by atoms with Gasteiger partial charge in [0.1, 0.15) is 0 Å². The maximum Gasteiger partial charge on any atom is 0.273 e. The van der Waals surface area contributed by atoms with Crippen LogP contribution in [0.15, 0.2) is 18.2 Å². The van der Waals surface area contributed by atoms with E-state index in [2.05, 4.69) is 24.1 Å². The summed E-state index contributed by atoms with van der Waals surface area (Å²) < 4.78 is 0. The van der Waals surface area contributed by atoms with Crippen LogP contribution in [-0.4, -0.2) is 24.6 Å². The SMILES string of the molecule is CCCNc1cc(N(CC)CC2CCC2)cc([N+](=O)[O-])c1. The van der Waals surface area contributed by atoms with Gasteiger partial charge in [-0.1, -0.05) is 13.3 Å². The minimum Gasteiger partial charge on any atom is -0.385 e. The fourth-order valence-electron chi connectivity index (χ4n) is 2.66. The van der Waals surface area contributed by atoms with Gasteiger partial charge in [0.05, 0.1) is 4.92 Å². The Hall–Kier alpha value is -1.78. The smallest absolute Gasteiger partial charge is 0.273 e. The molecular weight excluding hydrogens is 266 g/mol. The highest BCUT2D eigenvalue weighted by atomic mass is 16.6. The maximum absolute atomic E-state index is 11.1. The number of nitro benzene ring substituents is 1. The molecule has 1 N–H and O–H groups in total. The zero-order valence-electron chi connectivity index (χ0n) is 13.0. The van der Waals surface area contributed by atoms with Crippen molar-refractivity contribution < 1.29 is 4.92 Å². The summed E-state index contributed by atoms with van der Waals surface area (Å²) in [5.74, 6) is 0.747. The van der Waals surface area contributed by atoms with Gasteiger partial charge in [0.25, 0.3) is 5.69 Å². The van der Waals surface area contributed by atoms with Gasteiger partial charge in [0, 0.05) is 43.1 Å². The van der Waals surface area contributed by atoms with Crippen molar-refractivity contribution in [2.45, 2.75) is 39.5 Å². The Kier molecular flexibility index (Phi) is 5.42. The lowest BCUT2D eigenvalue weighted by Gasteiger charge is -2.33. The molecule has 1 aliphatic carbocycles. The minimum atomic E-state index is -0.308. The van der Waals surface area contributed by atoms with Gasteiger partial charge in [-0.25, -0.2) is 0 Å². The normalized spacial score (nSPS) is 14.6. The molecule has 0 amide bonds. The number of hydrogen-bond acceptors (Lipinski definition) is 4. The quantitative estimate of drug-likeness (QED) is 0.580. The summed E-state index contributed by atoms with van der Waals surface area (Å²) in [6, 6.07) is 5.35. The van der Waals surface area contributed by atoms with Gasteiger partial charge in [0.2, 0.25) is 0 Å². The van der Waals surface area contributed by atoms with Crippen LogP contribution >= 0.6 is 0 Å². The lowest BCUT2D eigenvalue weighted by Crippen LogP contribution is -2.32. The lowest BCUT2D eigenvalue weighted by molar-refractivity contribution is -0.384. The van der Waals surface area contributed by atoms with E-state index in [1.54, 1.807) is 12.1 Å². The number of hydrogen-bond donors (Lipinski definition) is 1. The van der Waals surface area contributed by atoms with E-state index in [0.29, 0.717) is 0 Å². The predicted molar refractivity (Wildman–Crippen MR) is 87.1 cm³/mol. The first-order valence-electron chi connectivity index (χ1n) is 7.92. The molecule has 0 heterocycles. The van der Waals surface area contributed by atoms with Crippen LogP contribution in [0.4, 0.5) is 17.1 Å². The van der Waals surface area contributed by atoms with E-state index in [-0.39, 0.29) is 10.6 Å². The molecule has 0 spiro atoms. The number of nitrogens with one attached hydrogen (secondary N) is 1. The largest absolute Gasteiger partial charge is 0.385 e. The molecule has 0 bridgehead atoms. The highest BCUT2D eigenvalue weighted by Gasteiger charge is 2.21. The number of rotatable bonds is 8. The van der Waals surface area contributed by atoms with Crippen molar-refractivity contribution in [1.82, 2.24) is 0 Å². The van der Waals surface area contributed by atoms with Crippen molar-refractivity contribution in [2.24, 2.45) is 5.92 Å². The topological polar surface area (TPSA) is 58.4 Å². The minimum absolute atomic E-state index is 0.165. The average Bonchev–Trinajstić information content (AvgIpc) is 2.43. The molecule has 1 fully saturated rings. The van der Waals surface area contributed by atoms with E-state index in [4.69, 9.17) is 0 Å². The molecule has 1 saturated carbocycles. The molecule has 2 rings (SSSR count). The standard InChI is InChI=1S/C16H25N3O2/c1-3-8-17-14-9-15(11-16(10-14)19(20)21)18(4-2)12-13-6-5-7-13/h9-11,13,17H,3-8,12H2,1-2H3. The first-order chi connectivity index (χ1) is 10.1. The highest BCUT2D eigenvalue weighted by Crippen LogP contribution is 2.31. The second-order valence-electron chi connectivity index (χ2n) is 5.76. The van der Waals surface area contributed by atoms with Crippen LogP contribution in [-0.2, 0) is 0 Å². The van der Waals surface area contributed by atoms with Crippen molar-refractivity contribution in [1.29, 1.82) is 0 Å². The molecule has 1 aromatic carbocycles. The molecule has 0 aliphatic heterocycles. The first-order valence-corrected chi connectivity index (χ1v) is 7.92. The summed E-state index contributed by atoms with van der Waals surface area (Å²) in [4.78, 5) is 13.1. The Morgan fingerprint density at radius 3 is 2.62 bits per heavy atom. The van der Waals surface area contributed by atoms with Gasteiger partial charge in [-0.3, -0.25) is 10.1 Å². The number of benzene rings is 1. The van der Waals surface area contributed by atoms with E-state index < -0.39 is 0 Å². The van der Waals surface area contributed by atoms with Crippen LogP contribution in [0.3, 0.4) is 0 Å². The molecule has 21 heavy (non-hydrogen) atoms. The fourth-order valence-corrected chi connectivity index (χ4v) is 2.66. The molecule has 0 unspecified atom stereocenters. The van der Waals surface area contributed by atoms with Gasteiger partial charge in [-0.15, -0.1) is 0 Å². The van der Waals surface area contributed by atoms with Crippen molar-refractivity contribution in [3.63, 3.8) is 0 Å². The molecule has 5 heteroatoms. The highest BCUT2D eigenvalue weighted by molar-refractivity contribution is 5.64. The maximum atomic E-state index is 11.1. The van der Waals surface area contributed by atoms with Gasteiger partial charge in [-0.05, 0) is 38.2 Å². The van der Waals surface area contributed by atoms with Crippen LogP contribution in [0.5, 0.6) is 0 Å². The van der Waals surface area contributed by atoms with Crippen LogP contribution in [0.25, 0.3) is 0 Å². The predicted octanol–water partition coefficient (Wildman–Crippen LogP) is 4.04. The Balaban J connectivity index is 2.21. The van der Waals surface area contributed by atoms with E-state index >= 15 is 0 Å². The van der Waals surface area contributed by atoms with Crippen molar-refractivity contribution in [2.75, 3.05) is 29.9 Å². The molecule has 1 aromatic rings. The third kappa shape index (κ3) is 4.09. The summed E-state index contributed by atoms with van der Waals surface area (Å²) in [6.07, 6.45) is 4.89. The van der Waals surface area contributed by atoms with E-state index in [1.807, 2.05) is 6.07 Å². The molecule has 116 valence electrons. The second kappa shape index (κ2) is 7.29. The van der Waals surface area contributed by atoms with Gasteiger partial charge in [0.15, 0.2) is 0 Å². The van der Waals surface area contributed by atoms with E-state index in [0.717, 1.165) is 43.3 Å². The Labute approximate surface area is 126 Å². The Morgan fingerprint density at radius 2 is 2.10 bits per heavy atom. The average molecular weight is 291 g/mol. The van der Waals surface area contributed by atoms with Gasteiger partial charge >= 0.3 is 0 Å². The summed E-state index contributed by atoms with van der Waals surface area (Å²) in [6.45, 7) is 6.90. The summed E-state index contributed by atoms with van der Waals surface area (Å²) >= 11 is 0. The number of nitro groups is 1.